The Balaban J connectivity index is 2.47. The minimum absolute atomic E-state index is 0.255. The molecule has 0 radical (unpaired) electrons. The lowest BCUT2D eigenvalue weighted by atomic mass is 10.00. The third-order valence-electron chi connectivity index (χ3n) is 3.10. The van der Waals surface area contributed by atoms with Gasteiger partial charge in [-0.15, -0.1) is 0 Å². The number of hydrogen-bond acceptors (Lipinski definition) is 4. The van der Waals surface area contributed by atoms with E-state index in [-0.39, 0.29) is 5.97 Å². The minimum Gasteiger partial charge on any atom is -0.468 e. The van der Waals surface area contributed by atoms with Crippen LogP contribution in [0.25, 0.3) is 0 Å². The van der Waals surface area contributed by atoms with Crippen LogP contribution in [0.5, 0.6) is 0 Å². The fraction of sp³-hybridized carbons (Fsp3) is 0.909. The molecule has 0 spiro atoms. The van der Waals surface area contributed by atoms with Crippen LogP contribution < -0.4 is 5.73 Å². The number of hydrogen-bond donors (Lipinski definition) is 1. The lowest BCUT2D eigenvalue weighted by Gasteiger charge is -2.21. The van der Waals surface area contributed by atoms with E-state index < -0.39 is 5.54 Å². The maximum absolute atomic E-state index is 11.5. The first-order chi connectivity index (χ1) is 7.01. The predicted octanol–water partition coefficient (Wildman–Crippen LogP) is 1.94. The molecule has 15 heavy (non-hydrogen) atoms. The molecule has 0 heterocycles. The Morgan fingerprint density at radius 3 is 2.93 bits per heavy atom. The van der Waals surface area contributed by atoms with Crippen molar-refractivity contribution in [3.8, 4) is 0 Å². The number of rotatable bonds is 4. The van der Waals surface area contributed by atoms with Gasteiger partial charge in [0.1, 0.15) is 5.54 Å². The summed E-state index contributed by atoms with van der Waals surface area (Å²) in [6, 6.07) is 0. The van der Waals surface area contributed by atoms with Crippen LogP contribution >= 0.6 is 11.8 Å². The molecule has 2 N–H and O–H groups in total. The topological polar surface area (TPSA) is 52.3 Å². The van der Waals surface area contributed by atoms with Crippen LogP contribution in [0.1, 0.15) is 39.5 Å². The van der Waals surface area contributed by atoms with Gasteiger partial charge in [0.05, 0.1) is 7.11 Å². The lowest BCUT2D eigenvalue weighted by Crippen LogP contribution is -2.46. The zero-order valence-electron chi connectivity index (χ0n) is 9.79. The first-order valence-electron chi connectivity index (χ1n) is 5.54. The second kappa shape index (κ2) is 5.21. The van der Waals surface area contributed by atoms with Crippen molar-refractivity contribution >= 4 is 17.7 Å². The summed E-state index contributed by atoms with van der Waals surface area (Å²) in [4.78, 5) is 11.5. The molecule has 1 aliphatic carbocycles. The largest absolute Gasteiger partial charge is 0.468 e. The van der Waals surface area contributed by atoms with Gasteiger partial charge in [0.25, 0.3) is 0 Å². The molecular formula is C11H21NO2S. The molecule has 1 saturated carbocycles. The van der Waals surface area contributed by atoms with Crippen molar-refractivity contribution < 1.29 is 9.53 Å². The van der Waals surface area contributed by atoms with Gasteiger partial charge in [-0.2, -0.15) is 11.8 Å². The Morgan fingerprint density at radius 1 is 1.73 bits per heavy atom. The molecule has 1 fully saturated rings. The molecule has 0 amide bonds. The third-order valence-corrected chi connectivity index (χ3v) is 4.68. The summed E-state index contributed by atoms with van der Waals surface area (Å²) in [5.74, 6) is -0.255. The highest BCUT2D eigenvalue weighted by atomic mass is 32.2. The molecule has 1 rings (SSSR count). The van der Waals surface area contributed by atoms with E-state index in [1.165, 1.54) is 7.11 Å². The van der Waals surface area contributed by atoms with Crippen LogP contribution in [0.15, 0.2) is 0 Å². The van der Waals surface area contributed by atoms with Gasteiger partial charge in [0, 0.05) is 10.5 Å². The van der Waals surface area contributed by atoms with Crippen molar-refractivity contribution in [2.24, 2.45) is 5.73 Å². The predicted molar refractivity (Wildman–Crippen MR) is 63.9 cm³/mol. The van der Waals surface area contributed by atoms with E-state index in [9.17, 15) is 4.79 Å². The molecule has 0 aromatic rings. The first-order valence-corrected chi connectivity index (χ1v) is 6.49. The summed E-state index contributed by atoms with van der Waals surface area (Å²) in [6.45, 7) is 4.40. The average Bonchev–Trinajstić information content (AvgIpc) is 2.60. The Labute approximate surface area is 96.1 Å². The van der Waals surface area contributed by atoms with E-state index in [1.54, 1.807) is 0 Å². The zero-order valence-corrected chi connectivity index (χ0v) is 10.6. The maximum Gasteiger partial charge on any atom is 0.325 e. The molecule has 0 aliphatic heterocycles. The van der Waals surface area contributed by atoms with Gasteiger partial charge >= 0.3 is 5.97 Å². The maximum atomic E-state index is 11.5. The van der Waals surface area contributed by atoms with Gasteiger partial charge in [-0.05, 0) is 25.7 Å². The smallest absolute Gasteiger partial charge is 0.325 e. The number of carbonyl (C=O) groups excluding carboxylic acids is 1. The second-order valence-corrected chi connectivity index (χ2v) is 6.11. The van der Waals surface area contributed by atoms with Crippen LogP contribution in [0, 0.1) is 0 Å². The van der Waals surface area contributed by atoms with Gasteiger partial charge in [-0.25, -0.2) is 0 Å². The summed E-state index contributed by atoms with van der Waals surface area (Å²) in [6.07, 6.45) is 3.71. The van der Waals surface area contributed by atoms with Crippen molar-refractivity contribution in [2.45, 2.75) is 55.6 Å². The molecule has 0 bridgehead atoms. The number of ether oxygens (including phenoxy) is 1. The van der Waals surface area contributed by atoms with Crippen molar-refractivity contribution in [3.05, 3.63) is 0 Å². The normalized spacial score (nSPS) is 32.7. The quantitative estimate of drug-likeness (QED) is 0.751. The monoisotopic (exact) mass is 231 g/mol. The molecular weight excluding hydrogens is 210 g/mol. The molecule has 88 valence electrons. The van der Waals surface area contributed by atoms with E-state index in [0.29, 0.717) is 10.5 Å². The summed E-state index contributed by atoms with van der Waals surface area (Å²) in [5.41, 5.74) is 5.31. The van der Waals surface area contributed by atoms with Crippen LogP contribution in [0.3, 0.4) is 0 Å². The van der Waals surface area contributed by atoms with Gasteiger partial charge in [0.2, 0.25) is 0 Å². The molecule has 4 heteroatoms. The zero-order chi connectivity index (χ0) is 11.5. The molecule has 3 nitrogen and oxygen atoms in total. The van der Waals surface area contributed by atoms with E-state index in [4.69, 9.17) is 10.5 Å². The molecule has 3 atom stereocenters. The van der Waals surface area contributed by atoms with Gasteiger partial charge in [-0.1, -0.05) is 13.8 Å². The van der Waals surface area contributed by atoms with Crippen molar-refractivity contribution in [3.63, 3.8) is 0 Å². The summed E-state index contributed by atoms with van der Waals surface area (Å²) < 4.78 is 4.74. The van der Waals surface area contributed by atoms with Crippen LogP contribution in [-0.4, -0.2) is 29.1 Å². The molecule has 0 saturated heterocycles. The number of esters is 1. The van der Waals surface area contributed by atoms with E-state index in [2.05, 4.69) is 13.8 Å². The Hall–Kier alpha value is -0.220. The summed E-state index contributed by atoms with van der Waals surface area (Å²) >= 11 is 1.95. The Morgan fingerprint density at radius 2 is 2.40 bits per heavy atom. The van der Waals surface area contributed by atoms with Crippen molar-refractivity contribution in [1.82, 2.24) is 0 Å². The second-order valence-electron chi connectivity index (χ2n) is 4.37. The lowest BCUT2D eigenvalue weighted by molar-refractivity contribution is -0.146. The van der Waals surface area contributed by atoms with Crippen LogP contribution in [0.4, 0.5) is 0 Å². The Kier molecular flexibility index (Phi) is 4.46. The summed E-state index contributed by atoms with van der Waals surface area (Å²) in [5, 5.41) is 1.17. The number of methoxy groups -OCH3 is 1. The van der Waals surface area contributed by atoms with E-state index >= 15 is 0 Å². The third kappa shape index (κ3) is 3.11. The number of thioether (sulfide) groups is 1. The van der Waals surface area contributed by atoms with Gasteiger partial charge in [0.15, 0.2) is 0 Å². The standard InChI is InChI=1S/C11H21NO2S/c1-4-8(2)15-9-5-6-11(12,7-9)10(13)14-3/h8-9H,4-7,12H2,1-3H3. The molecule has 1 aliphatic rings. The van der Waals surface area contributed by atoms with Crippen molar-refractivity contribution in [2.75, 3.05) is 7.11 Å². The molecule has 3 unspecified atom stereocenters. The number of nitrogens with two attached hydrogens (primary N) is 1. The summed E-state index contributed by atoms with van der Waals surface area (Å²) in [7, 11) is 1.41. The number of carbonyl (C=O) groups is 1. The minimum atomic E-state index is -0.722. The highest BCUT2D eigenvalue weighted by molar-refractivity contribution is 8.00. The average molecular weight is 231 g/mol. The highest BCUT2D eigenvalue weighted by Gasteiger charge is 2.43. The SMILES string of the molecule is CCC(C)SC1CCC(N)(C(=O)OC)C1. The van der Waals surface area contributed by atoms with Crippen LogP contribution in [-0.2, 0) is 9.53 Å². The van der Waals surface area contributed by atoms with Crippen LogP contribution in [0.2, 0.25) is 0 Å². The fourth-order valence-corrected chi connectivity index (χ4v) is 3.46. The van der Waals surface area contributed by atoms with E-state index in [0.717, 1.165) is 25.7 Å². The molecule has 0 aromatic heterocycles. The fourth-order valence-electron chi connectivity index (χ4n) is 1.96. The van der Waals surface area contributed by atoms with Gasteiger partial charge < -0.3 is 10.5 Å². The van der Waals surface area contributed by atoms with Crippen molar-refractivity contribution in [1.29, 1.82) is 0 Å². The first kappa shape index (κ1) is 12.8. The van der Waals surface area contributed by atoms with Gasteiger partial charge in [-0.3, -0.25) is 4.79 Å². The highest BCUT2D eigenvalue weighted by Crippen LogP contribution is 2.38. The molecule has 0 aromatic carbocycles. The van der Waals surface area contributed by atoms with E-state index in [1.807, 2.05) is 11.8 Å². The Bertz CT molecular complexity index is 235.